The summed E-state index contributed by atoms with van der Waals surface area (Å²) in [6.45, 7) is 3.01. The van der Waals surface area contributed by atoms with Crippen molar-refractivity contribution in [1.82, 2.24) is 14.6 Å². The molecule has 1 aromatic carbocycles. The Morgan fingerprint density at radius 3 is 2.31 bits per heavy atom. The fourth-order valence-corrected chi connectivity index (χ4v) is 7.54. The van der Waals surface area contributed by atoms with E-state index in [9.17, 15) is 29.3 Å². The van der Waals surface area contributed by atoms with E-state index in [-0.39, 0.29) is 24.6 Å². The van der Waals surface area contributed by atoms with E-state index in [2.05, 4.69) is 17.0 Å². The highest BCUT2D eigenvalue weighted by molar-refractivity contribution is 7.47. The molecule has 0 saturated carbocycles. The average Bonchev–Trinajstić information content (AvgIpc) is 3.70. The Kier molecular flexibility index (Phi) is 18.4. The summed E-state index contributed by atoms with van der Waals surface area (Å²) >= 11 is 0. The maximum atomic E-state index is 14.0. The second-order valence-electron chi connectivity index (χ2n) is 14.6. The lowest BCUT2D eigenvalue weighted by Gasteiger charge is -2.28. The van der Waals surface area contributed by atoms with Crippen molar-refractivity contribution in [2.24, 2.45) is 0 Å². The molecule has 55 heavy (non-hydrogen) atoms. The minimum absolute atomic E-state index is 0.0195. The number of halogens is 1. The van der Waals surface area contributed by atoms with Crippen molar-refractivity contribution in [2.75, 3.05) is 32.2 Å². The zero-order valence-corrected chi connectivity index (χ0v) is 33.1. The lowest BCUT2D eigenvalue weighted by atomic mass is 9.97. The van der Waals surface area contributed by atoms with Crippen LogP contribution in [0.15, 0.2) is 36.7 Å². The third-order valence-electron chi connectivity index (χ3n) is 9.91. The van der Waals surface area contributed by atoms with Crippen molar-refractivity contribution in [3.63, 3.8) is 0 Å². The number of unbranched alkanes of at least 4 members (excludes halogenated alkanes) is 13. The summed E-state index contributed by atoms with van der Waals surface area (Å²) in [5.41, 5.74) is 5.70. The number of hydrogen-bond donors (Lipinski definition) is 4. The molecule has 306 valence electrons. The number of nitriles is 1. The van der Waals surface area contributed by atoms with Gasteiger partial charge in [0.25, 0.3) is 0 Å². The van der Waals surface area contributed by atoms with Gasteiger partial charge in [-0.15, -0.1) is 0 Å². The molecule has 14 nitrogen and oxygen atoms in total. The number of nitrogen functional groups attached to an aromatic ring is 1. The quantitative estimate of drug-likeness (QED) is 0.0450. The first-order valence-electron chi connectivity index (χ1n) is 19.6. The van der Waals surface area contributed by atoms with Gasteiger partial charge in [0, 0.05) is 6.61 Å². The molecule has 1 fully saturated rings. The molecule has 1 aliphatic heterocycles. The van der Waals surface area contributed by atoms with Gasteiger partial charge in [0.05, 0.1) is 43.8 Å². The Labute approximate surface area is 323 Å². The monoisotopic (exact) mass is 791 g/mol. The summed E-state index contributed by atoms with van der Waals surface area (Å²) < 4.78 is 56.8. The summed E-state index contributed by atoms with van der Waals surface area (Å²) in [4.78, 5) is 14.6. The molecule has 2 aromatic heterocycles. The minimum atomic E-state index is -4.76. The molecule has 0 amide bonds. The highest BCUT2D eigenvalue weighted by Crippen LogP contribution is 2.47. The fourth-order valence-electron chi connectivity index (χ4n) is 6.69. The van der Waals surface area contributed by atoms with Crippen molar-refractivity contribution in [3.8, 4) is 6.07 Å². The molecule has 6 atom stereocenters. The lowest BCUT2D eigenvalue weighted by molar-refractivity contribution is -0.102. The molecule has 1 unspecified atom stereocenters. The van der Waals surface area contributed by atoms with Crippen LogP contribution in [0, 0.1) is 17.1 Å². The topological polar surface area (TPSA) is 204 Å². The molecule has 16 heteroatoms. The number of rotatable bonds is 27. The lowest BCUT2D eigenvalue weighted by Crippen LogP contribution is -2.44. The molecule has 0 aliphatic carbocycles. The predicted molar refractivity (Wildman–Crippen MR) is 204 cm³/mol. The van der Waals surface area contributed by atoms with Crippen LogP contribution in [0.1, 0.15) is 127 Å². The van der Waals surface area contributed by atoms with E-state index in [1.54, 1.807) is 12.1 Å². The molecule has 1 saturated heterocycles. The number of aliphatic hydroxyl groups is 2. The smallest absolute Gasteiger partial charge is 0.387 e. The van der Waals surface area contributed by atoms with Gasteiger partial charge in [0.15, 0.2) is 5.82 Å². The van der Waals surface area contributed by atoms with Gasteiger partial charge in [0.2, 0.25) is 0 Å². The second kappa shape index (κ2) is 22.6. The first-order valence-corrected chi connectivity index (χ1v) is 21.1. The van der Waals surface area contributed by atoms with Crippen LogP contribution in [0.2, 0.25) is 0 Å². The second-order valence-corrected chi connectivity index (χ2v) is 16.0. The number of fused-ring (bicyclic) bond motifs is 1. The molecule has 1 aliphatic rings. The number of phosphoric ester groups is 1. The maximum absolute atomic E-state index is 14.0. The zero-order valence-electron chi connectivity index (χ0n) is 32.2. The SMILES string of the molecule is CCCCCCCCCCCCCCCCOC[C@@H](COP(=O)(O)OC[C@@]1(C)O[C@@H](c2ccc3c(N)ncnn23)[C@H](O)[C@@H]1O)OCc1cc(F)cc(C#N)c1. The number of hydrogen-bond acceptors (Lipinski definition) is 12. The van der Waals surface area contributed by atoms with Crippen LogP contribution in [0.25, 0.3) is 5.52 Å². The summed E-state index contributed by atoms with van der Waals surface area (Å²) in [6, 6.07) is 9.02. The normalized spacial score (nSPS) is 21.5. The number of ether oxygens (including phenoxy) is 3. The van der Waals surface area contributed by atoms with Gasteiger partial charge in [-0.1, -0.05) is 90.4 Å². The van der Waals surface area contributed by atoms with E-state index in [1.807, 2.05) is 6.07 Å². The van der Waals surface area contributed by atoms with Crippen molar-refractivity contribution >= 4 is 19.2 Å². The zero-order chi connectivity index (χ0) is 39.7. The molecule has 0 spiro atoms. The number of aromatic nitrogens is 3. The Hall–Kier alpha value is -3.03. The summed E-state index contributed by atoms with van der Waals surface area (Å²) in [7, 11) is -4.76. The first-order chi connectivity index (χ1) is 26.5. The summed E-state index contributed by atoms with van der Waals surface area (Å²) in [5, 5.41) is 35.2. The van der Waals surface area contributed by atoms with Crippen molar-refractivity contribution in [2.45, 2.75) is 140 Å². The Balaban J connectivity index is 1.22. The van der Waals surface area contributed by atoms with E-state index >= 15 is 0 Å². The van der Waals surface area contributed by atoms with Gasteiger partial charge in [0.1, 0.15) is 47.7 Å². The number of benzene rings is 1. The number of aliphatic hydroxyl groups excluding tert-OH is 2. The standard InChI is InChI=1S/C39H59FN5O9P/c1-3-4-5-6-7-8-9-10-11-12-13-14-15-16-19-50-25-32(51-24-30-20-29(23-41)21-31(40)22-30)26-52-55(48,49)53-27-39(2)37(47)35(46)36(54-39)33-17-18-34-38(42)43-28-44-45(33)34/h17-18,20-22,28,32,35-37,46-47H,3-16,19,24-27H2,1-2H3,(H,48,49)(H2,42,43,44)/t32-,35-,36-,37-,39+/m0/s1. The highest BCUT2D eigenvalue weighted by Gasteiger charge is 2.53. The van der Waals surface area contributed by atoms with Crippen LogP contribution in [-0.2, 0) is 34.4 Å². The van der Waals surface area contributed by atoms with Crippen molar-refractivity contribution in [3.05, 3.63) is 59.3 Å². The molecular weight excluding hydrogens is 732 g/mol. The Bertz CT molecular complexity index is 1690. The third kappa shape index (κ3) is 14.1. The maximum Gasteiger partial charge on any atom is 0.472 e. The molecule has 5 N–H and O–H groups in total. The first kappa shape index (κ1) is 44.7. The van der Waals surface area contributed by atoms with Gasteiger partial charge >= 0.3 is 7.82 Å². The Morgan fingerprint density at radius 1 is 1.00 bits per heavy atom. The van der Waals surface area contributed by atoms with Crippen LogP contribution in [0.5, 0.6) is 0 Å². The van der Waals surface area contributed by atoms with Crippen molar-refractivity contribution < 1.29 is 47.3 Å². The molecule has 4 rings (SSSR count). The van der Waals surface area contributed by atoms with E-state index in [4.69, 9.17) is 29.0 Å². The summed E-state index contributed by atoms with van der Waals surface area (Å²) in [5.74, 6) is -0.378. The number of anilines is 1. The summed E-state index contributed by atoms with van der Waals surface area (Å²) in [6.07, 6.45) is 13.7. The molecular formula is C39H59FN5O9P. The van der Waals surface area contributed by atoms with Crippen molar-refractivity contribution in [1.29, 1.82) is 5.26 Å². The fraction of sp³-hybridized carbons (Fsp3) is 0.667. The van der Waals surface area contributed by atoms with Crippen LogP contribution >= 0.6 is 7.82 Å². The molecule has 0 radical (unpaired) electrons. The number of nitrogens with two attached hydrogens (primary N) is 1. The van der Waals surface area contributed by atoms with Gasteiger partial charge in [-0.3, -0.25) is 9.05 Å². The van der Waals surface area contributed by atoms with Crippen LogP contribution in [0.4, 0.5) is 10.2 Å². The van der Waals surface area contributed by atoms with Gasteiger partial charge in [-0.25, -0.2) is 18.5 Å². The average molecular weight is 792 g/mol. The minimum Gasteiger partial charge on any atom is -0.387 e. The van der Waals surface area contributed by atoms with E-state index in [0.717, 1.165) is 25.3 Å². The van der Waals surface area contributed by atoms with Crippen LogP contribution < -0.4 is 5.73 Å². The Morgan fingerprint density at radius 2 is 1.65 bits per heavy atom. The van der Waals surface area contributed by atoms with E-state index < -0.39 is 56.9 Å². The van der Waals surface area contributed by atoms with Crippen LogP contribution in [0.3, 0.4) is 0 Å². The third-order valence-corrected chi connectivity index (χ3v) is 10.8. The molecule has 3 heterocycles. The predicted octanol–water partition coefficient (Wildman–Crippen LogP) is 7.09. The highest BCUT2D eigenvalue weighted by atomic mass is 31.2. The van der Waals surface area contributed by atoms with E-state index in [0.29, 0.717) is 23.4 Å². The molecule has 3 aromatic rings. The van der Waals surface area contributed by atoms with Crippen LogP contribution in [-0.4, -0.2) is 80.0 Å². The number of nitrogens with zero attached hydrogens (tertiary/aromatic N) is 4. The van der Waals surface area contributed by atoms with Gasteiger partial charge in [-0.05, 0) is 49.2 Å². The van der Waals surface area contributed by atoms with E-state index in [1.165, 1.54) is 101 Å². The number of phosphoric acid groups is 1. The van der Waals surface area contributed by atoms with Gasteiger partial charge in [-0.2, -0.15) is 10.4 Å². The van der Waals surface area contributed by atoms with Gasteiger partial charge < -0.3 is 35.1 Å². The largest absolute Gasteiger partial charge is 0.472 e. The molecule has 0 bridgehead atoms.